The van der Waals surface area contributed by atoms with E-state index in [0.717, 1.165) is 35.3 Å². The standard InChI is InChI=1S/C27H32FN5O2/c1-16-24-20(15-22(18-6-7-18)29-25(24)33(30-16)27(3,4)5)26(35)32-12-10-31(11-13-32)23-9-8-19(17(2)34)14-21(23)28/h8-9,14-15,18H,6-7,10-13H2,1-5H3. The van der Waals surface area contributed by atoms with Crippen molar-refractivity contribution in [2.45, 2.75) is 58.9 Å². The Morgan fingerprint density at radius 2 is 1.74 bits per heavy atom. The van der Waals surface area contributed by atoms with Crippen molar-refractivity contribution in [1.29, 1.82) is 0 Å². The first-order valence-electron chi connectivity index (χ1n) is 12.3. The summed E-state index contributed by atoms with van der Waals surface area (Å²) in [5.74, 6) is -0.187. The number of fused-ring (bicyclic) bond motifs is 1. The van der Waals surface area contributed by atoms with Crippen molar-refractivity contribution >= 4 is 28.4 Å². The molecular weight excluding hydrogens is 445 g/mol. The lowest BCUT2D eigenvalue weighted by Gasteiger charge is -2.36. The van der Waals surface area contributed by atoms with Gasteiger partial charge in [0.15, 0.2) is 11.4 Å². The Kier molecular flexibility index (Phi) is 5.65. The van der Waals surface area contributed by atoms with E-state index in [9.17, 15) is 14.0 Å². The smallest absolute Gasteiger partial charge is 0.254 e. The molecule has 0 spiro atoms. The molecule has 3 aromatic rings. The SMILES string of the molecule is CC(=O)c1ccc(N2CCN(C(=O)c3cc(C4CC4)nc4c3c(C)nn4C(C)(C)C)CC2)c(F)c1. The second-order valence-electron chi connectivity index (χ2n) is 10.7. The number of piperazine rings is 1. The highest BCUT2D eigenvalue weighted by Gasteiger charge is 2.32. The number of benzene rings is 1. The van der Waals surface area contributed by atoms with Gasteiger partial charge in [0.1, 0.15) is 5.82 Å². The summed E-state index contributed by atoms with van der Waals surface area (Å²) in [7, 11) is 0. The van der Waals surface area contributed by atoms with Crippen molar-refractivity contribution in [3.63, 3.8) is 0 Å². The molecule has 5 rings (SSSR count). The molecule has 1 aliphatic heterocycles. The predicted molar refractivity (Wildman–Crippen MR) is 134 cm³/mol. The lowest BCUT2D eigenvalue weighted by atomic mass is 10.0. The summed E-state index contributed by atoms with van der Waals surface area (Å²) in [6.45, 7) is 11.6. The third-order valence-corrected chi connectivity index (χ3v) is 6.96. The first-order valence-corrected chi connectivity index (χ1v) is 12.3. The molecule has 35 heavy (non-hydrogen) atoms. The number of aromatic nitrogens is 3. The molecule has 0 atom stereocenters. The normalized spacial score (nSPS) is 16.7. The average Bonchev–Trinajstić information content (AvgIpc) is 3.61. The maximum absolute atomic E-state index is 14.7. The topological polar surface area (TPSA) is 71.3 Å². The number of aryl methyl sites for hydroxylation is 1. The minimum atomic E-state index is -0.410. The Morgan fingerprint density at radius 1 is 1.06 bits per heavy atom. The fourth-order valence-corrected chi connectivity index (χ4v) is 4.84. The third-order valence-electron chi connectivity index (χ3n) is 6.96. The molecule has 1 saturated heterocycles. The summed E-state index contributed by atoms with van der Waals surface area (Å²) in [5, 5.41) is 5.58. The first kappa shape index (κ1) is 23.5. The van der Waals surface area contributed by atoms with E-state index >= 15 is 0 Å². The summed E-state index contributed by atoms with van der Waals surface area (Å²) < 4.78 is 16.6. The van der Waals surface area contributed by atoms with Crippen LogP contribution in [0.1, 0.15) is 78.6 Å². The Morgan fingerprint density at radius 3 is 2.31 bits per heavy atom. The fraction of sp³-hybridized carbons (Fsp3) is 0.481. The van der Waals surface area contributed by atoms with Gasteiger partial charge in [0, 0.05) is 43.4 Å². The van der Waals surface area contributed by atoms with E-state index in [-0.39, 0.29) is 17.2 Å². The van der Waals surface area contributed by atoms with Crippen molar-refractivity contribution < 1.29 is 14.0 Å². The highest BCUT2D eigenvalue weighted by Crippen LogP contribution is 2.41. The summed E-state index contributed by atoms with van der Waals surface area (Å²) in [6, 6.07) is 6.57. The Bertz CT molecular complexity index is 1330. The maximum Gasteiger partial charge on any atom is 0.254 e. The minimum Gasteiger partial charge on any atom is -0.366 e. The van der Waals surface area contributed by atoms with Gasteiger partial charge in [0.05, 0.1) is 27.9 Å². The molecule has 2 fully saturated rings. The largest absolute Gasteiger partial charge is 0.366 e. The molecule has 0 radical (unpaired) electrons. The van der Waals surface area contributed by atoms with Gasteiger partial charge in [-0.1, -0.05) is 0 Å². The molecule has 7 nitrogen and oxygen atoms in total. The summed E-state index contributed by atoms with van der Waals surface area (Å²) in [4.78, 5) is 34.1. The zero-order valence-electron chi connectivity index (χ0n) is 21.1. The number of halogens is 1. The molecule has 0 bridgehead atoms. The average molecular weight is 478 g/mol. The molecule has 2 aromatic heterocycles. The van der Waals surface area contributed by atoms with E-state index in [1.807, 2.05) is 27.5 Å². The summed E-state index contributed by atoms with van der Waals surface area (Å²) in [5.41, 5.74) is 3.78. The van der Waals surface area contributed by atoms with Gasteiger partial charge in [-0.05, 0) is 71.7 Å². The Balaban J connectivity index is 1.42. The van der Waals surface area contributed by atoms with Crippen LogP contribution < -0.4 is 4.90 Å². The monoisotopic (exact) mass is 477 g/mol. The van der Waals surface area contributed by atoms with Gasteiger partial charge in [0.2, 0.25) is 0 Å². The molecule has 1 aliphatic carbocycles. The van der Waals surface area contributed by atoms with Crippen LogP contribution in [0.4, 0.5) is 10.1 Å². The fourth-order valence-electron chi connectivity index (χ4n) is 4.84. The molecular formula is C27H32FN5O2. The molecule has 1 amide bonds. The summed E-state index contributed by atoms with van der Waals surface area (Å²) >= 11 is 0. The van der Waals surface area contributed by atoms with Gasteiger partial charge in [0.25, 0.3) is 5.91 Å². The van der Waals surface area contributed by atoms with Crippen molar-refractivity contribution in [3.8, 4) is 0 Å². The van der Waals surface area contributed by atoms with E-state index in [4.69, 9.17) is 10.1 Å². The minimum absolute atomic E-state index is 0.0251. The van der Waals surface area contributed by atoms with E-state index < -0.39 is 5.82 Å². The van der Waals surface area contributed by atoms with Crippen LogP contribution in [0.25, 0.3) is 11.0 Å². The number of amides is 1. The number of hydrogen-bond acceptors (Lipinski definition) is 5. The second kappa shape index (κ2) is 8.43. The number of carbonyl (C=O) groups is 2. The van der Waals surface area contributed by atoms with E-state index in [1.165, 1.54) is 13.0 Å². The summed E-state index contributed by atoms with van der Waals surface area (Å²) in [6.07, 6.45) is 2.20. The molecule has 2 aliphatic rings. The molecule has 8 heteroatoms. The van der Waals surface area contributed by atoms with Crippen molar-refractivity contribution in [3.05, 3.63) is 52.6 Å². The van der Waals surface area contributed by atoms with Gasteiger partial charge in [-0.25, -0.2) is 14.1 Å². The number of carbonyl (C=O) groups excluding carboxylic acids is 2. The number of Topliss-reactive ketones (excluding diaryl/α,β-unsaturated/α-hetero) is 1. The quantitative estimate of drug-likeness (QED) is 0.511. The lowest BCUT2D eigenvalue weighted by Crippen LogP contribution is -2.49. The van der Waals surface area contributed by atoms with Crippen LogP contribution in [0.15, 0.2) is 24.3 Å². The number of hydrogen-bond donors (Lipinski definition) is 0. The van der Waals surface area contributed by atoms with Crippen molar-refractivity contribution in [2.75, 3.05) is 31.1 Å². The number of nitrogens with zero attached hydrogens (tertiary/aromatic N) is 5. The highest BCUT2D eigenvalue weighted by molar-refractivity contribution is 6.06. The van der Waals surface area contributed by atoms with Crippen LogP contribution in [-0.4, -0.2) is 57.5 Å². The van der Waals surface area contributed by atoms with Gasteiger partial charge in [-0.15, -0.1) is 0 Å². The zero-order chi connectivity index (χ0) is 25.1. The molecule has 0 N–H and O–H groups in total. The molecule has 1 saturated carbocycles. The second-order valence-corrected chi connectivity index (χ2v) is 10.7. The number of pyridine rings is 1. The van der Waals surface area contributed by atoms with Crippen LogP contribution in [0.5, 0.6) is 0 Å². The van der Waals surface area contributed by atoms with Gasteiger partial charge in [-0.2, -0.15) is 5.10 Å². The Labute approximate surface area is 204 Å². The van der Waals surface area contributed by atoms with Gasteiger partial charge in [-0.3, -0.25) is 9.59 Å². The predicted octanol–water partition coefficient (Wildman–Crippen LogP) is 4.68. The highest BCUT2D eigenvalue weighted by atomic mass is 19.1. The number of anilines is 1. The van der Waals surface area contributed by atoms with Crippen molar-refractivity contribution in [1.82, 2.24) is 19.7 Å². The van der Waals surface area contributed by atoms with Crippen LogP contribution >= 0.6 is 0 Å². The van der Waals surface area contributed by atoms with Crippen LogP contribution in [0.3, 0.4) is 0 Å². The third kappa shape index (κ3) is 4.30. The molecule has 3 heterocycles. The van der Waals surface area contributed by atoms with E-state index in [2.05, 4.69) is 20.8 Å². The van der Waals surface area contributed by atoms with E-state index in [0.29, 0.717) is 48.9 Å². The molecule has 184 valence electrons. The Hall–Kier alpha value is -3.29. The molecule has 1 aromatic carbocycles. The first-order chi connectivity index (χ1) is 16.5. The van der Waals surface area contributed by atoms with E-state index in [1.54, 1.807) is 12.1 Å². The zero-order valence-corrected chi connectivity index (χ0v) is 21.1. The lowest BCUT2D eigenvalue weighted by molar-refractivity contribution is 0.0748. The van der Waals surface area contributed by atoms with Gasteiger partial charge >= 0.3 is 0 Å². The van der Waals surface area contributed by atoms with Crippen LogP contribution in [0.2, 0.25) is 0 Å². The maximum atomic E-state index is 14.7. The van der Waals surface area contributed by atoms with Gasteiger partial charge < -0.3 is 9.80 Å². The van der Waals surface area contributed by atoms with Crippen LogP contribution in [0, 0.1) is 12.7 Å². The van der Waals surface area contributed by atoms with Crippen molar-refractivity contribution in [2.24, 2.45) is 0 Å². The number of ketones is 1. The van der Waals surface area contributed by atoms with Crippen LogP contribution in [-0.2, 0) is 5.54 Å². The molecule has 0 unspecified atom stereocenters. The number of rotatable bonds is 4.